The highest BCUT2D eigenvalue weighted by molar-refractivity contribution is 6.31. The number of amidine groups is 1. The molecule has 0 saturated heterocycles. The van der Waals surface area contributed by atoms with Gasteiger partial charge in [0.1, 0.15) is 0 Å². The molecule has 0 radical (unpaired) electrons. The van der Waals surface area contributed by atoms with Crippen LogP contribution in [0.2, 0.25) is 5.02 Å². The van der Waals surface area contributed by atoms with Crippen molar-refractivity contribution in [2.75, 3.05) is 7.05 Å². The maximum absolute atomic E-state index is 10.1. The molecule has 2 rings (SSSR count). The van der Waals surface area contributed by atoms with Gasteiger partial charge >= 0.3 is 0 Å². The van der Waals surface area contributed by atoms with E-state index in [0.29, 0.717) is 17.1 Å². The molecule has 116 valence electrons. The monoisotopic (exact) mass is 311 g/mol. The highest BCUT2D eigenvalue weighted by Crippen LogP contribution is 2.25. The lowest BCUT2D eigenvalue weighted by molar-refractivity contribution is 0.0288. The Bertz CT molecular complexity index is 522. The van der Waals surface area contributed by atoms with E-state index in [1.807, 2.05) is 13.1 Å². The molecule has 0 bridgehead atoms. The van der Waals surface area contributed by atoms with Gasteiger partial charge < -0.3 is 16.0 Å². The third kappa shape index (κ3) is 3.87. The van der Waals surface area contributed by atoms with Crippen molar-refractivity contribution in [3.8, 4) is 0 Å². The summed E-state index contributed by atoms with van der Waals surface area (Å²) in [5, 5.41) is 22.3. The van der Waals surface area contributed by atoms with E-state index in [9.17, 15) is 5.11 Å². The lowest BCUT2D eigenvalue weighted by atomic mass is 9.91. The summed E-state index contributed by atoms with van der Waals surface area (Å²) >= 11 is 6.27. The summed E-state index contributed by atoms with van der Waals surface area (Å²) in [5.74, 6) is 0.0412. The Balaban J connectivity index is 2.08. The molecule has 1 saturated carbocycles. The first-order valence-corrected chi connectivity index (χ1v) is 7.55. The Morgan fingerprint density at radius 1 is 1.43 bits per heavy atom. The van der Waals surface area contributed by atoms with Gasteiger partial charge in [-0.1, -0.05) is 41.7 Å². The van der Waals surface area contributed by atoms with Crippen molar-refractivity contribution in [1.82, 2.24) is 4.90 Å². The quantitative estimate of drug-likeness (QED) is 0.344. The van der Waals surface area contributed by atoms with Gasteiger partial charge in [0.15, 0.2) is 5.84 Å². The number of nitrogens with two attached hydrogens (primary N) is 1. The predicted molar refractivity (Wildman–Crippen MR) is 83.7 cm³/mol. The van der Waals surface area contributed by atoms with E-state index in [1.165, 1.54) is 0 Å². The van der Waals surface area contributed by atoms with E-state index >= 15 is 0 Å². The molecule has 4 N–H and O–H groups in total. The van der Waals surface area contributed by atoms with Gasteiger partial charge in [0.2, 0.25) is 0 Å². The number of aliphatic hydroxyl groups excluding tert-OH is 1. The number of oxime groups is 1. The minimum absolute atomic E-state index is 0.0412. The third-order valence-electron chi connectivity index (χ3n) is 4.14. The molecule has 0 heterocycles. The number of rotatable bonds is 4. The summed E-state index contributed by atoms with van der Waals surface area (Å²) in [7, 11) is 2.01. The lowest BCUT2D eigenvalue weighted by Gasteiger charge is -2.35. The zero-order chi connectivity index (χ0) is 15.4. The smallest absolute Gasteiger partial charge is 0.170 e. The van der Waals surface area contributed by atoms with Crippen molar-refractivity contribution in [1.29, 1.82) is 0 Å². The lowest BCUT2D eigenvalue weighted by Crippen LogP contribution is -2.42. The molecule has 1 aliphatic rings. The molecule has 0 aliphatic heterocycles. The maximum Gasteiger partial charge on any atom is 0.170 e. The number of nitrogens with zero attached hydrogens (tertiary/aromatic N) is 2. The Labute approximate surface area is 130 Å². The van der Waals surface area contributed by atoms with Crippen LogP contribution in [0.15, 0.2) is 23.4 Å². The number of likely N-dealkylation sites (N-methyl/N-ethyl adjacent to an activating group) is 1. The highest BCUT2D eigenvalue weighted by Gasteiger charge is 2.26. The fourth-order valence-electron chi connectivity index (χ4n) is 2.88. The second-order valence-electron chi connectivity index (χ2n) is 5.63. The average Bonchev–Trinajstić information content (AvgIpc) is 2.48. The molecule has 2 unspecified atom stereocenters. The summed E-state index contributed by atoms with van der Waals surface area (Å²) in [6, 6.07) is 5.53. The van der Waals surface area contributed by atoms with Crippen molar-refractivity contribution in [2.45, 2.75) is 44.4 Å². The van der Waals surface area contributed by atoms with E-state index in [1.54, 1.807) is 12.1 Å². The number of hydrogen-bond donors (Lipinski definition) is 3. The van der Waals surface area contributed by atoms with Gasteiger partial charge in [0.05, 0.1) is 6.10 Å². The van der Waals surface area contributed by atoms with E-state index in [-0.39, 0.29) is 18.0 Å². The second-order valence-corrected chi connectivity index (χ2v) is 6.03. The Hall–Kier alpha value is -1.30. The molecule has 6 heteroatoms. The minimum Gasteiger partial charge on any atom is -0.409 e. The fourth-order valence-corrected chi connectivity index (χ4v) is 3.12. The predicted octanol–water partition coefficient (Wildman–Crippen LogP) is 2.17. The minimum atomic E-state index is -0.265. The molecular formula is C15H22ClN3O2. The van der Waals surface area contributed by atoms with Crippen LogP contribution in [0, 0.1) is 0 Å². The summed E-state index contributed by atoms with van der Waals surface area (Å²) in [6.07, 6.45) is 3.87. The molecular weight excluding hydrogens is 290 g/mol. The zero-order valence-corrected chi connectivity index (χ0v) is 12.9. The van der Waals surface area contributed by atoms with Crippen molar-refractivity contribution in [3.05, 3.63) is 34.3 Å². The normalized spacial score (nSPS) is 23.5. The Morgan fingerprint density at radius 2 is 2.14 bits per heavy atom. The van der Waals surface area contributed by atoms with Crippen LogP contribution in [0.1, 0.15) is 36.8 Å². The molecule has 2 atom stereocenters. The molecule has 21 heavy (non-hydrogen) atoms. The Morgan fingerprint density at radius 3 is 2.76 bits per heavy atom. The summed E-state index contributed by atoms with van der Waals surface area (Å²) in [5.41, 5.74) is 7.10. The molecule has 1 aliphatic carbocycles. The number of halogens is 1. The zero-order valence-electron chi connectivity index (χ0n) is 12.2. The average molecular weight is 312 g/mol. The first-order valence-electron chi connectivity index (χ1n) is 7.17. The summed E-state index contributed by atoms with van der Waals surface area (Å²) in [6.45, 7) is 0.664. The van der Waals surface area contributed by atoms with Crippen molar-refractivity contribution in [3.63, 3.8) is 0 Å². The van der Waals surface area contributed by atoms with Gasteiger partial charge in [-0.3, -0.25) is 4.90 Å². The number of hydrogen-bond acceptors (Lipinski definition) is 4. The number of aliphatic hydroxyl groups is 1. The van der Waals surface area contributed by atoms with Crippen molar-refractivity contribution < 1.29 is 10.3 Å². The van der Waals surface area contributed by atoms with E-state index in [2.05, 4.69) is 10.1 Å². The van der Waals surface area contributed by atoms with Gasteiger partial charge in [0, 0.05) is 23.2 Å². The standard InChI is InChI=1S/C15H22ClN3O2/c1-19(13-4-2-3-5-14(13)20)9-11-7-6-10(8-12(11)16)15(17)18-21/h6-8,13-14,20-21H,2-5,9H2,1H3,(H2,17,18). The number of benzene rings is 1. The van der Waals surface area contributed by atoms with Crippen LogP contribution in [0.5, 0.6) is 0 Å². The van der Waals surface area contributed by atoms with Crippen LogP contribution in [-0.4, -0.2) is 40.2 Å². The molecule has 1 aromatic carbocycles. The van der Waals surface area contributed by atoms with Crippen LogP contribution in [-0.2, 0) is 6.54 Å². The largest absolute Gasteiger partial charge is 0.409 e. The summed E-state index contributed by atoms with van der Waals surface area (Å²) < 4.78 is 0. The van der Waals surface area contributed by atoms with E-state index in [4.69, 9.17) is 22.5 Å². The SMILES string of the molecule is CN(Cc1ccc(/C(N)=N/O)cc1Cl)C1CCCCC1O. The van der Waals surface area contributed by atoms with Gasteiger partial charge in [-0.25, -0.2) is 0 Å². The third-order valence-corrected chi connectivity index (χ3v) is 4.49. The topological polar surface area (TPSA) is 82.1 Å². The molecule has 0 amide bonds. The van der Waals surface area contributed by atoms with Crippen molar-refractivity contribution >= 4 is 17.4 Å². The second kappa shape index (κ2) is 7.11. The van der Waals surface area contributed by atoms with Crippen LogP contribution in [0.25, 0.3) is 0 Å². The van der Waals surface area contributed by atoms with Gasteiger partial charge in [-0.15, -0.1) is 0 Å². The van der Waals surface area contributed by atoms with Gasteiger partial charge in [0.25, 0.3) is 0 Å². The molecule has 0 spiro atoms. The maximum atomic E-state index is 10.1. The van der Waals surface area contributed by atoms with Crippen molar-refractivity contribution in [2.24, 2.45) is 10.9 Å². The molecule has 1 fully saturated rings. The van der Waals surface area contributed by atoms with Crippen LogP contribution in [0.4, 0.5) is 0 Å². The van der Waals surface area contributed by atoms with E-state index < -0.39 is 0 Å². The van der Waals surface area contributed by atoms with Crippen LogP contribution >= 0.6 is 11.6 Å². The summed E-state index contributed by atoms with van der Waals surface area (Å²) in [4.78, 5) is 2.15. The highest BCUT2D eigenvalue weighted by atomic mass is 35.5. The van der Waals surface area contributed by atoms with Crippen LogP contribution in [0.3, 0.4) is 0 Å². The Kier molecular flexibility index (Phi) is 5.45. The van der Waals surface area contributed by atoms with Gasteiger partial charge in [-0.2, -0.15) is 0 Å². The van der Waals surface area contributed by atoms with Crippen LogP contribution < -0.4 is 5.73 Å². The molecule has 5 nitrogen and oxygen atoms in total. The molecule has 1 aromatic rings. The first kappa shape index (κ1) is 16.1. The van der Waals surface area contributed by atoms with Gasteiger partial charge in [-0.05, 0) is 31.5 Å². The molecule has 0 aromatic heterocycles. The van der Waals surface area contributed by atoms with E-state index in [0.717, 1.165) is 31.2 Å². The fraction of sp³-hybridized carbons (Fsp3) is 0.533. The first-order chi connectivity index (χ1) is 10.0.